The molecular weight excluding hydrogens is 200 g/mol. The Morgan fingerprint density at radius 2 is 2.15 bits per heavy atom. The van der Waals surface area contributed by atoms with Crippen molar-refractivity contribution in [2.75, 3.05) is 20.2 Å². The van der Waals surface area contributed by atoms with E-state index in [1.165, 1.54) is 7.05 Å². The highest BCUT2D eigenvalue weighted by atomic mass is 32.2. The van der Waals surface area contributed by atoms with Gasteiger partial charge in [0.25, 0.3) is 0 Å². The van der Waals surface area contributed by atoms with Crippen LogP contribution in [0.1, 0.15) is 0 Å². The molecule has 1 heterocycles. The number of aliphatic hydroxyl groups is 1. The largest absolute Gasteiger partial charge is 0.464 e. The highest BCUT2D eigenvalue weighted by Crippen LogP contribution is 2.20. The molecule has 1 rings (SSSR count). The first-order valence-electron chi connectivity index (χ1n) is 3.50. The third-order valence-electron chi connectivity index (χ3n) is 1.84. The number of nitrogens with zero attached hydrogens (tertiary/aromatic N) is 2. The smallest absolute Gasteiger partial charge is 0.422 e. The Hall–Kier alpha value is -0.860. The van der Waals surface area contributed by atoms with Crippen LogP contribution in [0.4, 0.5) is 4.79 Å². The normalized spacial score (nSPS) is 27.8. The summed E-state index contributed by atoms with van der Waals surface area (Å²) in [6, 6.07) is -0.896. The van der Waals surface area contributed by atoms with Gasteiger partial charge in [-0.05, 0) is 0 Å². The minimum Gasteiger partial charge on any atom is -0.464 e. The zero-order chi connectivity index (χ0) is 10.2. The van der Waals surface area contributed by atoms with Crippen LogP contribution in [-0.2, 0) is 10.2 Å². The van der Waals surface area contributed by atoms with Crippen LogP contribution in [0.5, 0.6) is 0 Å². The maximum absolute atomic E-state index is 11.3. The lowest BCUT2D eigenvalue weighted by Gasteiger charge is -2.16. The Bertz CT molecular complexity index is 313. The summed E-state index contributed by atoms with van der Waals surface area (Å²) in [4.78, 5) is 10.5. The molecule has 0 spiro atoms. The van der Waals surface area contributed by atoms with E-state index in [2.05, 4.69) is 0 Å². The molecule has 8 heteroatoms. The van der Waals surface area contributed by atoms with E-state index in [4.69, 9.17) is 10.2 Å². The van der Waals surface area contributed by atoms with Crippen molar-refractivity contribution in [3.63, 3.8) is 0 Å². The summed E-state index contributed by atoms with van der Waals surface area (Å²) in [6.07, 6.45) is -1.57. The molecule has 0 aliphatic carbocycles. The van der Waals surface area contributed by atoms with Crippen molar-refractivity contribution in [3.05, 3.63) is 0 Å². The monoisotopic (exact) mass is 210 g/mol. The molecule has 1 amide bonds. The molecule has 0 aromatic rings. The van der Waals surface area contributed by atoms with E-state index in [-0.39, 0.29) is 10.8 Å². The molecule has 0 radical (unpaired) electrons. The predicted molar refractivity (Wildman–Crippen MR) is 42.3 cm³/mol. The summed E-state index contributed by atoms with van der Waals surface area (Å²) in [5, 5.41) is 17.3. The van der Waals surface area contributed by atoms with Crippen LogP contribution < -0.4 is 0 Å². The fourth-order valence-corrected chi connectivity index (χ4v) is 2.56. The molecule has 0 saturated carbocycles. The first-order chi connectivity index (χ1) is 5.91. The fourth-order valence-electron chi connectivity index (χ4n) is 1.19. The van der Waals surface area contributed by atoms with E-state index in [0.29, 0.717) is 0 Å². The topological polar surface area (TPSA) is 98.2 Å². The van der Waals surface area contributed by atoms with Gasteiger partial charge in [-0.1, -0.05) is 0 Å². The molecule has 0 aromatic carbocycles. The van der Waals surface area contributed by atoms with Gasteiger partial charge in [0, 0.05) is 13.6 Å². The predicted octanol–water partition coefficient (Wildman–Crippen LogP) is -1.48. The summed E-state index contributed by atoms with van der Waals surface area (Å²) in [6.45, 7) is -0.513. The van der Waals surface area contributed by atoms with Crippen LogP contribution in [0.2, 0.25) is 0 Å². The van der Waals surface area contributed by atoms with Crippen molar-refractivity contribution in [2.45, 2.75) is 6.04 Å². The molecule has 0 unspecified atom stereocenters. The van der Waals surface area contributed by atoms with Crippen LogP contribution in [0, 0.1) is 0 Å². The Morgan fingerprint density at radius 1 is 1.62 bits per heavy atom. The molecule has 7 nitrogen and oxygen atoms in total. The molecule has 1 aliphatic heterocycles. The number of carboxylic acid groups (broad SMARTS) is 1. The van der Waals surface area contributed by atoms with Gasteiger partial charge in [0.2, 0.25) is 0 Å². The van der Waals surface area contributed by atoms with Gasteiger partial charge in [0.05, 0.1) is 12.6 Å². The lowest BCUT2D eigenvalue weighted by Crippen LogP contribution is -2.40. The molecule has 0 bridgehead atoms. The first-order valence-corrected chi connectivity index (χ1v) is 4.90. The lowest BCUT2D eigenvalue weighted by molar-refractivity contribution is 0.145. The average Bonchev–Trinajstić information content (AvgIpc) is 2.22. The van der Waals surface area contributed by atoms with Gasteiger partial charge in [-0.3, -0.25) is 0 Å². The van der Waals surface area contributed by atoms with Gasteiger partial charge >= 0.3 is 16.3 Å². The molecular formula is C5H10N2O5S. The minimum absolute atomic E-state index is 0.00880. The van der Waals surface area contributed by atoms with Crippen molar-refractivity contribution in [1.82, 2.24) is 8.61 Å². The second-order valence-electron chi connectivity index (χ2n) is 2.70. The Kier molecular flexibility index (Phi) is 2.46. The van der Waals surface area contributed by atoms with Gasteiger partial charge in [-0.2, -0.15) is 17.0 Å². The van der Waals surface area contributed by atoms with Gasteiger partial charge < -0.3 is 10.2 Å². The number of hydrogen-bond acceptors (Lipinski definition) is 4. The van der Waals surface area contributed by atoms with E-state index in [9.17, 15) is 13.2 Å². The van der Waals surface area contributed by atoms with Gasteiger partial charge in [-0.15, -0.1) is 0 Å². The zero-order valence-corrected chi connectivity index (χ0v) is 7.73. The SMILES string of the molecule is CN1C[C@@H](CO)N(C(=O)O)S1(=O)=O. The van der Waals surface area contributed by atoms with Crippen LogP contribution >= 0.6 is 0 Å². The number of hydrogen-bond donors (Lipinski definition) is 2. The number of likely N-dealkylation sites (N-methyl/N-ethyl adjacent to an activating group) is 1. The molecule has 1 saturated heterocycles. The van der Waals surface area contributed by atoms with Crippen molar-refractivity contribution < 1.29 is 23.4 Å². The number of amides is 1. The maximum Gasteiger partial charge on any atom is 0.422 e. The van der Waals surface area contributed by atoms with E-state index >= 15 is 0 Å². The zero-order valence-electron chi connectivity index (χ0n) is 6.91. The van der Waals surface area contributed by atoms with E-state index < -0.39 is 29.0 Å². The van der Waals surface area contributed by atoms with Gasteiger partial charge in [0.1, 0.15) is 0 Å². The summed E-state index contributed by atoms with van der Waals surface area (Å²) >= 11 is 0. The molecule has 1 aliphatic rings. The van der Waals surface area contributed by atoms with E-state index in [0.717, 1.165) is 4.31 Å². The summed E-state index contributed by atoms with van der Waals surface area (Å²) in [5.74, 6) is 0. The van der Waals surface area contributed by atoms with Gasteiger partial charge in [-0.25, -0.2) is 4.79 Å². The number of rotatable bonds is 1. The van der Waals surface area contributed by atoms with Crippen LogP contribution in [0.15, 0.2) is 0 Å². The third-order valence-corrected chi connectivity index (χ3v) is 3.73. The van der Waals surface area contributed by atoms with Gasteiger partial charge in [0.15, 0.2) is 0 Å². The van der Waals surface area contributed by atoms with Crippen LogP contribution in [-0.4, -0.2) is 59.6 Å². The molecule has 1 fully saturated rings. The van der Waals surface area contributed by atoms with Crippen molar-refractivity contribution in [3.8, 4) is 0 Å². The van der Waals surface area contributed by atoms with Crippen LogP contribution in [0.25, 0.3) is 0 Å². The second-order valence-corrected chi connectivity index (χ2v) is 4.62. The first kappa shape index (κ1) is 10.2. The standard InChI is InChI=1S/C5H10N2O5S/c1-6-2-4(3-8)7(5(9)10)13(6,11)12/h4,8H,2-3H2,1H3,(H,9,10)/t4-/m0/s1. The summed E-state index contributed by atoms with van der Waals surface area (Å²) in [7, 11) is -2.65. The minimum atomic E-state index is -3.92. The molecule has 13 heavy (non-hydrogen) atoms. The lowest BCUT2D eigenvalue weighted by atomic mass is 10.3. The molecule has 2 N–H and O–H groups in total. The Balaban J connectivity index is 3.06. The average molecular weight is 210 g/mol. The third kappa shape index (κ3) is 1.47. The summed E-state index contributed by atoms with van der Waals surface area (Å²) in [5.41, 5.74) is 0. The van der Waals surface area contributed by atoms with E-state index in [1.54, 1.807) is 0 Å². The van der Waals surface area contributed by atoms with Crippen molar-refractivity contribution >= 4 is 16.3 Å². The molecule has 76 valence electrons. The number of carbonyl (C=O) groups is 1. The van der Waals surface area contributed by atoms with Crippen LogP contribution in [0.3, 0.4) is 0 Å². The fraction of sp³-hybridized carbons (Fsp3) is 0.800. The Morgan fingerprint density at radius 3 is 2.46 bits per heavy atom. The Labute approximate surface area is 75.4 Å². The highest BCUT2D eigenvalue weighted by Gasteiger charge is 2.44. The molecule has 1 atom stereocenters. The maximum atomic E-state index is 11.3. The highest BCUT2D eigenvalue weighted by molar-refractivity contribution is 7.87. The quantitative estimate of drug-likeness (QED) is 0.550. The van der Waals surface area contributed by atoms with Crippen molar-refractivity contribution in [1.29, 1.82) is 0 Å². The van der Waals surface area contributed by atoms with Crippen molar-refractivity contribution in [2.24, 2.45) is 0 Å². The number of aliphatic hydroxyl groups excluding tert-OH is 1. The summed E-state index contributed by atoms with van der Waals surface area (Å²) < 4.78 is 23.7. The van der Waals surface area contributed by atoms with E-state index in [1.807, 2.05) is 0 Å². The molecule has 0 aromatic heterocycles. The second kappa shape index (κ2) is 3.13.